The fourth-order valence-corrected chi connectivity index (χ4v) is 4.07. The van der Waals surface area contributed by atoms with Crippen molar-refractivity contribution in [1.29, 1.82) is 0 Å². The van der Waals surface area contributed by atoms with Crippen LogP contribution >= 0.6 is 35.3 Å². The first kappa shape index (κ1) is 19.9. The Labute approximate surface area is 166 Å². The van der Waals surface area contributed by atoms with Crippen LogP contribution in [0.1, 0.15) is 50.7 Å². The van der Waals surface area contributed by atoms with Crippen molar-refractivity contribution in [3.05, 3.63) is 16.1 Å². The van der Waals surface area contributed by atoms with E-state index in [0.29, 0.717) is 18.6 Å². The molecule has 1 aromatic heterocycles. The Morgan fingerprint density at radius 3 is 2.83 bits per heavy atom. The molecule has 0 amide bonds. The number of aryl methyl sites for hydroxylation is 1. The van der Waals surface area contributed by atoms with Crippen molar-refractivity contribution < 1.29 is 0 Å². The maximum absolute atomic E-state index is 4.73. The van der Waals surface area contributed by atoms with Crippen LogP contribution in [0, 0.1) is 0 Å². The molecule has 1 saturated carbocycles. The highest BCUT2D eigenvalue weighted by Gasteiger charge is 2.38. The Morgan fingerprint density at radius 2 is 2.21 bits per heavy atom. The summed E-state index contributed by atoms with van der Waals surface area (Å²) < 4.78 is 0. The number of nitrogens with zero attached hydrogens (tertiary/aromatic N) is 3. The van der Waals surface area contributed by atoms with Crippen LogP contribution in [-0.4, -0.2) is 47.1 Å². The molecule has 1 aromatic rings. The quantitative estimate of drug-likeness (QED) is 0.387. The maximum Gasteiger partial charge on any atom is 0.191 e. The second kappa shape index (κ2) is 9.33. The number of nitrogens with one attached hydrogen (secondary N) is 2. The van der Waals surface area contributed by atoms with Gasteiger partial charge in [0.1, 0.15) is 0 Å². The lowest BCUT2D eigenvalue weighted by Gasteiger charge is -2.20. The number of hydrogen-bond acceptors (Lipinski definition) is 4. The zero-order chi connectivity index (χ0) is 16.2. The van der Waals surface area contributed by atoms with Gasteiger partial charge in [0.2, 0.25) is 0 Å². The first-order valence-corrected chi connectivity index (χ1v) is 9.81. The van der Waals surface area contributed by atoms with Crippen molar-refractivity contribution in [2.45, 2.75) is 71.1 Å². The minimum Gasteiger partial charge on any atom is -0.357 e. The first-order chi connectivity index (χ1) is 11.2. The highest BCUT2D eigenvalue weighted by atomic mass is 127. The Hall–Kier alpha value is -0.410. The molecule has 0 aromatic carbocycles. The molecule has 136 valence electrons. The summed E-state index contributed by atoms with van der Waals surface area (Å²) in [6.07, 6.45) is 4.98. The van der Waals surface area contributed by atoms with Gasteiger partial charge in [-0.15, -0.1) is 35.3 Å². The topological polar surface area (TPSA) is 52.6 Å². The lowest BCUT2D eigenvalue weighted by atomic mass is 10.2. The molecule has 0 bridgehead atoms. The highest BCUT2D eigenvalue weighted by molar-refractivity contribution is 14.0. The fourth-order valence-electron chi connectivity index (χ4n) is 3.33. The molecule has 2 N–H and O–H groups in total. The first-order valence-electron chi connectivity index (χ1n) is 8.93. The SMILES string of the molecule is CCNC(=NCc1csc(CC)n1)NC1CC(C)N(C2CC2)C1.I. The summed E-state index contributed by atoms with van der Waals surface area (Å²) >= 11 is 1.73. The number of hydrogen-bond donors (Lipinski definition) is 2. The van der Waals surface area contributed by atoms with Crippen molar-refractivity contribution >= 4 is 41.3 Å². The number of thiazole rings is 1. The van der Waals surface area contributed by atoms with Gasteiger partial charge in [-0.2, -0.15) is 0 Å². The third kappa shape index (κ3) is 5.29. The standard InChI is InChI=1S/C17H29N5S.HI/c1-4-16-20-14(11-23-16)9-19-17(18-5-2)21-13-8-12(3)22(10-13)15-6-7-15;/h11-13,15H,4-10H2,1-3H3,(H2,18,19,21);1H. The molecule has 1 aliphatic carbocycles. The van der Waals surface area contributed by atoms with Crippen LogP contribution in [0.4, 0.5) is 0 Å². The number of halogens is 1. The summed E-state index contributed by atoms with van der Waals surface area (Å²) in [5, 5.41) is 10.3. The Morgan fingerprint density at radius 1 is 1.42 bits per heavy atom. The normalized spacial score (nSPS) is 24.7. The van der Waals surface area contributed by atoms with Gasteiger partial charge in [0, 0.05) is 36.6 Å². The van der Waals surface area contributed by atoms with Gasteiger partial charge in [-0.1, -0.05) is 6.92 Å². The Balaban J connectivity index is 0.00000208. The second-order valence-electron chi connectivity index (χ2n) is 6.64. The minimum absolute atomic E-state index is 0. The van der Waals surface area contributed by atoms with Crippen LogP contribution < -0.4 is 10.6 Å². The summed E-state index contributed by atoms with van der Waals surface area (Å²) in [6.45, 7) is 9.30. The number of rotatable bonds is 6. The van der Waals surface area contributed by atoms with Gasteiger partial charge < -0.3 is 10.6 Å². The van der Waals surface area contributed by atoms with E-state index in [9.17, 15) is 0 Å². The van der Waals surface area contributed by atoms with E-state index in [0.717, 1.165) is 37.2 Å². The van der Waals surface area contributed by atoms with Crippen LogP contribution in [0.15, 0.2) is 10.4 Å². The summed E-state index contributed by atoms with van der Waals surface area (Å²) in [7, 11) is 0. The van der Waals surface area contributed by atoms with Crippen molar-refractivity contribution in [1.82, 2.24) is 20.5 Å². The van der Waals surface area contributed by atoms with Gasteiger partial charge in [0.15, 0.2) is 5.96 Å². The van der Waals surface area contributed by atoms with E-state index in [-0.39, 0.29) is 24.0 Å². The molecule has 0 radical (unpaired) electrons. The van der Waals surface area contributed by atoms with Gasteiger partial charge in [0.05, 0.1) is 17.2 Å². The van der Waals surface area contributed by atoms with E-state index in [4.69, 9.17) is 4.99 Å². The molecule has 5 nitrogen and oxygen atoms in total. The molecular weight excluding hydrogens is 433 g/mol. The molecule has 2 aliphatic rings. The van der Waals surface area contributed by atoms with Crippen LogP contribution in [0.25, 0.3) is 0 Å². The number of likely N-dealkylation sites (tertiary alicyclic amines) is 1. The second-order valence-corrected chi connectivity index (χ2v) is 7.58. The molecule has 2 heterocycles. The van der Waals surface area contributed by atoms with E-state index < -0.39 is 0 Å². The predicted molar refractivity (Wildman–Crippen MR) is 112 cm³/mol. The summed E-state index contributed by atoms with van der Waals surface area (Å²) in [4.78, 5) is 12.0. The lowest BCUT2D eigenvalue weighted by molar-refractivity contribution is 0.256. The average Bonchev–Trinajstić information content (AvgIpc) is 3.16. The number of aliphatic imine (C=N–C) groups is 1. The minimum atomic E-state index is 0. The molecule has 1 aliphatic heterocycles. The van der Waals surface area contributed by atoms with Crippen molar-refractivity contribution in [3.63, 3.8) is 0 Å². The van der Waals surface area contributed by atoms with Crippen LogP contribution in [0.5, 0.6) is 0 Å². The smallest absolute Gasteiger partial charge is 0.191 e. The summed E-state index contributed by atoms with van der Waals surface area (Å²) in [5.74, 6) is 0.924. The van der Waals surface area contributed by atoms with E-state index in [1.807, 2.05) is 0 Å². The van der Waals surface area contributed by atoms with Crippen LogP contribution in [-0.2, 0) is 13.0 Å². The van der Waals surface area contributed by atoms with Crippen molar-refractivity contribution in [2.75, 3.05) is 13.1 Å². The van der Waals surface area contributed by atoms with Crippen LogP contribution in [0.3, 0.4) is 0 Å². The van der Waals surface area contributed by atoms with Crippen LogP contribution in [0.2, 0.25) is 0 Å². The largest absolute Gasteiger partial charge is 0.357 e. The van der Waals surface area contributed by atoms with Gasteiger partial charge in [-0.05, 0) is 39.5 Å². The maximum atomic E-state index is 4.73. The zero-order valence-electron chi connectivity index (χ0n) is 14.9. The number of guanidine groups is 1. The molecule has 2 atom stereocenters. The van der Waals surface area contributed by atoms with E-state index >= 15 is 0 Å². The molecule has 24 heavy (non-hydrogen) atoms. The average molecular weight is 463 g/mol. The molecule has 3 rings (SSSR count). The Kier molecular flexibility index (Phi) is 7.74. The summed E-state index contributed by atoms with van der Waals surface area (Å²) in [5.41, 5.74) is 1.07. The molecule has 1 saturated heterocycles. The molecule has 0 spiro atoms. The number of aromatic nitrogens is 1. The lowest BCUT2D eigenvalue weighted by Crippen LogP contribution is -2.44. The van der Waals surface area contributed by atoms with Gasteiger partial charge in [-0.3, -0.25) is 4.90 Å². The zero-order valence-corrected chi connectivity index (χ0v) is 18.1. The van der Waals surface area contributed by atoms with Crippen molar-refractivity contribution in [3.8, 4) is 0 Å². The Bertz CT molecular complexity index is 543. The fraction of sp³-hybridized carbons (Fsp3) is 0.765. The monoisotopic (exact) mass is 463 g/mol. The van der Waals surface area contributed by atoms with E-state index in [1.165, 1.54) is 24.3 Å². The van der Waals surface area contributed by atoms with Gasteiger partial charge >= 0.3 is 0 Å². The summed E-state index contributed by atoms with van der Waals surface area (Å²) in [6, 6.07) is 2.04. The highest BCUT2D eigenvalue weighted by Crippen LogP contribution is 2.33. The van der Waals surface area contributed by atoms with E-state index in [1.54, 1.807) is 11.3 Å². The third-order valence-electron chi connectivity index (χ3n) is 4.62. The predicted octanol–water partition coefficient (Wildman–Crippen LogP) is 3.00. The third-order valence-corrected chi connectivity index (χ3v) is 5.67. The molecule has 7 heteroatoms. The van der Waals surface area contributed by atoms with E-state index in [2.05, 4.69) is 46.7 Å². The van der Waals surface area contributed by atoms with Crippen molar-refractivity contribution in [2.24, 2.45) is 4.99 Å². The molecular formula is C17H30IN5S. The molecule has 2 unspecified atom stereocenters. The van der Waals surface area contributed by atoms with Gasteiger partial charge in [-0.25, -0.2) is 9.98 Å². The van der Waals surface area contributed by atoms with Gasteiger partial charge in [0.25, 0.3) is 0 Å². The molecule has 2 fully saturated rings.